The van der Waals surface area contributed by atoms with E-state index in [4.69, 9.17) is 15.2 Å². The van der Waals surface area contributed by atoms with Gasteiger partial charge in [0.25, 0.3) is 5.91 Å². The molecule has 3 N–H and O–H groups in total. The Balaban J connectivity index is 2.20. The zero-order valence-electron chi connectivity index (χ0n) is 17.2. The summed E-state index contributed by atoms with van der Waals surface area (Å²) in [5.74, 6) is -0.440. The zero-order valence-corrected chi connectivity index (χ0v) is 18.0. The fraction of sp³-hybridized carbons (Fsp3) is 0.333. The van der Waals surface area contributed by atoms with Crippen LogP contribution in [-0.2, 0) is 21.2 Å². The molecular formula is C21H26N2O6S. The first-order valence-corrected chi connectivity index (χ1v) is 11.3. The number of nitrogens with one attached hydrogen (secondary N) is 1. The molecule has 30 heavy (non-hydrogen) atoms. The molecular weight excluding hydrogens is 408 g/mol. The molecule has 162 valence electrons. The normalized spacial score (nSPS) is 11.2. The number of benzene rings is 2. The second-order valence-electron chi connectivity index (χ2n) is 7.05. The Morgan fingerprint density at radius 1 is 1.07 bits per heavy atom. The molecule has 2 amide bonds. The number of hydrogen-bond donors (Lipinski definition) is 2. The van der Waals surface area contributed by atoms with Gasteiger partial charge >= 0.3 is 6.09 Å². The van der Waals surface area contributed by atoms with Gasteiger partial charge in [0.1, 0.15) is 5.75 Å². The third-order valence-electron chi connectivity index (χ3n) is 4.01. The summed E-state index contributed by atoms with van der Waals surface area (Å²) in [6.07, 6.45) is 1.34. The number of sulfonamides is 1. The standard InChI is InChI=1S/C21H26N2O6S/c1-14(2)29-19-13-17(10-11-18(19)20(24)23-30(3,26)27)16-8-6-15(7-9-16)5-4-12-28-21(22)25/h6-11,13-14H,4-5,12H2,1-3H3,(H2,22,25)(H,23,24). The molecule has 0 bridgehead atoms. The smallest absolute Gasteiger partial charge is 0.404 e. The molecule has 0 aliphatic heterocycles. The predicted octanol–water partition coefficient (Wildman–Crippen LogP) is 2.86. The molecule has 0 heterocycles. The van der Waals surface area contributed by atoms with Gasteiger partial charge in [-0.25, -0.2) is 17.9 Å². The number of carbonyl (C=O) groups excluding carboxylic acids is 2. The van der Waals surface area contributed by atoms with Crippen molar-refractivity contribution in [1.29, 1.82) is 0 Å². The Morgan fingerprint density at radius 3 is 2.27 bits per heavy atom. The zero-order chi connectivity index (χ0) is 22.3. The van der Waals surface area contributed by atoms with E-state index in [1.54, 1.807) is 18.2 Å². The van der Waals surface area contributed by atoms with Gasteiger partial charge in [-0.15, -0.1) is 0 Å². The van der Waals surface area contributed by atoms with Gasteiger partial charge in [-0.3, -0.25) is 4.79 Å². The van der Waals surface area contributed by atoms with Crippen LogP contribution in [0, 0.1) is 0 Å². The Labute approximate surface area is 176 Å². The maximum absolute atomic E-state index is 12.3. The van der Waals surface area contributed by atoms with Crippen LogP contribution < -0.4 is 15.2 Å². The summed E-state index contributed by atoms with van der Waals surface area (Å²) in [5.41, 5.74) is 7.89. The SMILES string of the molecule is CC(C)Oc1cc(-c2ccc(CCCOC(N)=O)cc2)ccc1C(=O)NS(C)(=O)=O. The maximum Gasteiger partial charge on any atom is 0.404 e. The monoisotopic (exact) mass is 434 g/mol. The molecule has 0 unspecified atom stereocenters. The van der Waals surface area contributed by atoms with Crippen molar-refractivity contribution in [3.05, 3.63) is 53.6 Å². The lowest BCUT2D eigenvalue weighted by Gasteiger charge is -2.15. The molecule has 0 fully saturated rings. The molecule has 0 radical (unpaired) electrons. The first kappa shape index (κ1) is 23.2. The van der Waals surface area contributed by atoms with E-state index in [1.807, 2.05) is 42.8 Å². The van der Waals surface area contributed by atoms with Crippen molar-refractivity contribution in [2.75, 3.05) is 12.9 Å². The third-order valence-corrected chi connectivity index (χ3v) is 4.56. The van der Waals surface area contributed by atoms with Crippen LogP contribution >= 0.6 is 0 Å². The van der Waals surface area contributed by atoms with Crippen molar-refractivity contribution in [1.82, 2.24) is 4.72 Å². The summed E-state index contributed by atoms with van der Waals surface area (Å²) < 4.78 is 35.2. The average molecular weight is 435 g/mol. The molecule has 2 aromatic carbocycles. The number of rotatable bonds is 9. The van der Waals surface area contributed by atoms with Crippen molar-refractivity contribution < 1.29 is 27.5 Å². The Bertz CT molecular complexity index is 1000. The van der Waals surface area contributed by atoms with E-state index in [2.05, 4.69) is 0 Å². The van der Waals surface area contributed by atoms with E-state index in [0.29, 0.717) is 12.2 Å². The number of primary amides is 1. The first-order chi connectivity index (χ1) is 14.0. The summed E-state index contributed by atoms with van der Waals surface area (Å²) >= 11 is 0. The summed E-state index contributed by atoms with van der Waals surface area (Å²) in [4.78, 5) is 22.9. The number of amides is 2. The largest absolute Gasteiger partial charge is 0.490 e. The summed E-state index contributed by atoms with van der Waals surface area (Å²) in [6, 6.07) is 12.8. The maximum atomic E-state index is 12.3. The number of carbonyl (C=O) groups is 2. The highest BCUT2D eigenvalue weighted by molar-refractivity contribution is 7.89. The van der Waals surface area contributed by atoms with Crippen molar-refractivity contribution in [2.24, 2.45) is 5.73 Å². The van der Waals surface area contributed by atoms with Gasteiger partial charge in [-0.05, 0) is 55.5 Å². The molecule has 9 heteroatoms. The molecule has 0 aliphatic carbocycles. The Hall–Kier alpha value is -3.07. The van der Waals surface area contributed by atoms with E-state index < -0.39 is 22.0 Å². The highest BCUT2D eigenvalue weighted by Crippen LogP contribution is 2.29. The first-order valence-electron chi connectivity index (χ1n) is 9.39. The van der Waals surface area contributed by atoms with Gasteiger partial charge < -0.3 is 15.2 Å². The molecule has 0 aliphatic rings. The van der Waals surface area contributed by atoms with Gasteiger partial charge in [0.05, 0.1) is 24.5 Å². The second-order valence-corrected chi connectivity index (χ2v) is 8.80. The van der Waals surface area contributed by atoms with Crippen molar-refractivity contribution in [3.63, 3.8) is 0 Å². The van der Waals surface area contributed by atoms with E-state index in [9.17, 15) is 18.0 Å². The number of aryl methyl sites for hydroxylation is 1. The van der Waals surface area contributed by atoms with Crippen LogP contribution in [0.4, 0.5) is 4.79 Å². The summed E-state index contributed by atoms with van der Waals surface area (Å²) in [7, 11) is -3.69. The van der Waals surface area contributed by atoms with Crippen molar-refractivity contribution in [3.8, 4) is 16.9 Å². The quantitative estimate of drug-likeness (QED) is 0.585. The van der Waals surface area contributed by atoms with Crippen LogP contribution in [0.25, 0.3) is 11.1 Å². The lowest BCUT2D eigenvalue weighted by molar-refractivity contribution is 0.0976. The fourth-order valence-corrected chi connectivity index (χ4v) is 3.22. The van der Waals surface area contributed by atoms with Crippen LogP contribution in [-0.4, -0.2) is 39.4 Å². The van der Waals surface area contributed by atoms with Gasteiger partial charge in [-0.2, -0.15) is 0 Å². The highest BCUT2D eigenvalue weighted by Gasteiger charge is 2.18. The molecule has 0 saturated heterocycles. The fourth-order valence-electron chi connectivity index (χ4n) is 2.78. The molecule has 2 rings (SSSR count). The minimum absolute atomic E-state index is 0.143. The van der Waals surface area contributed by atoms with Crippen LogP contribution in [0.5, 0.6) is 5.75 Å². The molecule has 2 aromatic rings. The molecule has 0 atom stereocenters. The van der Waals surface area contributed by atoms with E-state index >= 15 is 0 Å². The summed E-state index contributed by atoms with van der Waals surface area (Å²) in [6.45, 7) is 3.91. The number of hydrogen-bond acceptors (Lipinski definition) is 6. The van der Waals surface area contributed by atoms with E-state index in [1.165, 1.54) is 0 Å². The van der Waals surface area contributed by atoms with Gasteiger partial charge in [0.15, 0.2) is 0 Å². The van der Waals surface area contributed by atoms with Crippen LogP contribution in [0.3, 0.4) is 0 Å². The molecule has 0 saturated carbocycles. The average Bonchev–Trinajstić information content (AvgIpc) is 2.63. The van der Waals surface area contributed by atoms with E-state index in [-0.39, 0.29) is 18.3 Å². The predicted molar refractivity (Wildman–Crippen MR) is 114 cm³/mol. The minimum atomic E-state index is -3.69. The summed E-state index contributed by atoms with van der Waals surface area (Å²) in [5, 5.41) is 0. The third kappa shape index (κ3) is 7.40. The Kier molecular flexibility index (Phi) is 7.82. The molecule has 8 nitrogen and oxygen atoms in total. The minimum Gasteiger partial charge on any atom is -0.490 e. The van der Waals surface area contributed by atoms with Gasteiger partial charge in [0.2, 0.25) is 10.0 Å². The lowest BCUT2D eigenvalue weighted by Crippen LogP contribution is -2.30. The van der Waals surface area contributed by atoms with Crippen LogP contribution in [0.15, 0.2) is 42.5 Å². The van der Waals surface area contributed by atoms with Gasteiger partial charge in [0, 0.05) is 0 Å². The van der Waals surface area contributed by atoms with Crippen molar-refractivity contribution in [2.45, 2.75) is 32.8 Å². The van der Waals surface area contributed by atoms with Crippen LogP contribution in [0.1, 0.15) is 36.2 Å². The number of nitrogens with two attached hydrogens (primary N) is 1. The van der Waals surface area contributed by atoms with Crippen molar-refractivity contribution >= 4 is 22.0 Å². The van der Waals surface area contributed by atoms with E-state index in [0.717, 1.165) is 29.4 Å². The second kappa shape index (κ2) is 10.1. The van der Waals surface area contributed by atoms with Crippen LogP contribution in [0.2, 0.25) is 0 Å². The topological polar surface area (TPSA) is 125 Å². The highest BCUT2D eigenvalue weighted by atomic mass is 32.2. The Morgan fingerprint density at radius 2 is 1.70 bits per heavy atom. The molecule has 0 spiro atoms. The lowest BCUT2D eigenvalue weighted by atomic mass is 10.0. The molecule has 0 aromatic heterocycles. The van der Waals surface area contributed by atoms with Gasteiger partial charge in [-0.1, -0.05) is 30.3 Å². The number of ether oxygens (including phenoxy) is 2.